The van der Waals surface area contributed by atoms with Crippen molar-refractivity contribution >= 4 is 24.1 Å². The van der Waals surface area contributed by atoms with Crippen molar-refractivity contribution < 1.29 is 9.53 Å². The van der Waals surface area contributed by atoms with Gasteiger partial charge in [-0.25, -0.2) is 0 Å². The van der Waals surface area contributed by atoms with Crippen molar-refractivity contribution in [1.29, 1.82) is 0 Å². The molecule has 0 heterocycles. The third-order valence-electron chi connectivity index (χ3n) is 4.41. The normalized spacial score (nSPS) is 10.5. The highest BCUT2D eigenvalue weighted by Crippen LogP contribution is 2.17. The lowest BCUT2D eigenvalue weighted by Crippen LogP contribution is -2.04. The van der Waals surface area contributed by atoms with Gasteiger partial charge in [-0.15, -0.1) is 0 Å². The molecule has 0 unspecified atom stereocenters. The number of nitrogens with one attached hydrogen (secondary N) is 1. The second-order valence-electron chi connectivity index (χ2n) is 6.41. The van der Waals surface area contributed by atoms with Crippen LogP contribution in [0.3, 0.4) is 0 Å². The maximum Gasteiger partial charge on any atom is 0.193 e. The van der Waals surface area contributed by atoms with Gasteiger partial charge < -0.3 is 10.1 Å². The van der Waals surface area contributed by atoms with E-state index in [1.54, 1.807) is 19.2 Å². The molecule has 2 aromatic carbocycles. The number of carbonyl (C=O) groups is 1. The highest BCUT2D eigenvalue weighted by molar-refractivity contribution is 7.80. The zero-order chi connectivity index (χ0) is 18.6. The van der Waals surface area contributed by atoms with E-state index in [1.165, 1.54) is 38.5 Å². The van der Waals surface area contributed by atoms with E-state index < -0.39 is 0 Å². The zero-order valence-corrected chi connectivity index (χ0v) is 16.4. The van der Waals surface area contributed by atoms with Gasteiger partial charge in [-0.3, -0.25) is 4.79 Å². The predicted octanol–water partition coefficient (Wildman–Crippen LogP) is 5.61. The summed E-state index contributed by atoms with van der Waals surface area (Å²) in [7, 11) is 1.62. The summed E-state index contributed by atoms with van der Waals surface area (Å²) in [6.07, 6.45) is 7.55. The van der Waals surface area contributed by atoms with Gasteiger partial charge in [-0.2, -0.15) is 12.6 Å². The van der Waals surface area contributed by atoms with E-state index in [4.69, 9.17) is 4.74 Å². The Labute approximate surface area is 162 Å². The molecule has 0 aliphatic carbocycles. The summed E-state index contributed by atoms with van der Waals surface area (Å²) < 4.78 is 5.13. The summed E-state index contributed by atoms with van der Waals surface area (Å²) in [5.41, 5.74) is 2.43. The molecule has 26 heavy (non-hydrogen) atoms. The number of carbonyl (C=O) groups excluding carboxylic acids is 1. The van der Waals surface area contributed by atoms with Crippen molar-refractivity contribution in [3.05, 3.63) is 59.7 Å². The van der Waals surface area contributed by atoms with Gasteiger partial charge in [0.05, 0.1) is 7.11 Å². The SMILES string of the molecule is COc1ccc(C(=O)c2ccc(NCCCCCCCCS)cc2)cc1. The highest BCUT2D eigenvalue weighted by atomic mass is 32.1. The van der Waals surface area contributed by atoms with E-state index >= 15 is 0 Å². The Bertz CT molecular complexity index is 653. The molecule has 2 aromatic rings. The first-order valence-corrected chi connectivity index (χ1v) is 10.0. The molecule has 1 N–H and O–H groups in total. The number of methoxy groups -OCH3 is 1. The Morgan fingerprint density at radius 2 is 1.38 bits per heavy atom. The van der Waals surface area contributed by atoms with Gasteiger partial charge in [0, 0.05) is 23.4 Å². The summed E-state index contributed by atoms with van der Waals surface area (Å²) in [5, 5.41) is 3.43. The number of ether oxygens (including phenoxy) is 1. The standard InChI is InChI=1S/C22H29NO2S/c1-25-21-14-10-19(11-15-21)22(24)18-8-12-20(13-9-18)23-16-6-4-2-3-5-7-17-26/h8-15,23,26H,2-7,16-17H2,1H3. The molecule has 0 spiro atoms. The van der Waals surface area contributed by atoms with Crippen molar-refractivity contribution in [2.45, 2.75) is 38.5 Å². The first-order valence-electron chi connectivity index (χ1n) is 9.38. The van der Waals surface area contributed by atoms with Crippen LogP contribution in [0, 0.1) is 0 Å². The van der Waals surface area contributed by atoms with Gasteiger partial charge in [0.25, 0.3) is 0 Å². The minimum Gasteiger partial charge on any atom is -0.497 e. The molecule has 0 saturated heterocycles. The number of hydrogen-bond donors (Lipinski definition) is 2. The molecule has 0 amide bonds. The summed E-state index contributed by atoms with van der Waals surface area (Å²) in [6.45, 7) is 0.971. The Morgan fingerprint density at radius 3 is 1.96 bits per heavy atom. The quantitative estimate of drug-likeness (QED) is 0.289. The van der Waals surface area contributed by atoms with Gasteiger partial charge >= 0.3 is 0 Å². The number of benzene rings is 2. The van der Waals surface area contributed by atoms with Crippen molar-refractivity contribution in [3.63, 3.8) is 0 Å². The number of rotatable bonds is 12. The molecule has 140 valence electrons. The molecule has 0 aliphatic heterocycles. The molecule has 0 aliphatic rings. The summed E-state index contributed by atoms with van der Waals surface area (Å²) in [6, 6.07) is 14.9. The number of ketones is 1. The zero-order valence-electron chi connectivity index (χ0n) is 15.5. The minimum atomic E-state index is 0.0282. The molecule has 0 saturated carbocycles. The van der Waals surface area contributed by atoms with Gasteiger partial charge in [0.15, 0.2) is 5.78 Å². The fraction of sp³-hybridized carbons (Fsp3) is 0.409. The molecule has 4 heteroatoms. The Kier molecular flexibility index (Phi) is 9.11. The summed E-state index contributed by atoms with van der Waals surface area (Å²) >= 11 is 4.23. The van der Waals surface area contributed by atoms with Crippen LogP contribution in [0.2, 0.25) is 0 Å². The van der Waals surface area contributed by atoms with Crippen molar-refractivity contribution in [2.24, 2.45) is 0 Å². The molecule has 0 aromatic heterocycles. The maximum absolute atomic E-state index is 12.5. The second kappa shape index (κ2) is 11.6. The van der Waals surface area contributed by atoms with Crippen LogP contribution in [-0.2, 0) is 0 Å². The Balaban J connectivity index is 1.74. The smallest absolute Gasteiger partial charge is 0.193 e. The maximum atomic E-state index is 12.5. The molecule has 0 atom stereocenters. The Morgan fingerprint density at radius 1 is 0.846 bits per heavy atom. The summed E-state index contributed by atoms with van der Waals surface area (Å²) in [5.74, 6) is 1.78. The van der Waals surface area contributed by atoms with Crippen molar-refractivity contribution in [2.75, 3.05) is 24.7 Å². The molecule has 0 bridgehead atoms. The third kappa shape index (κ3) is 6.75. The lowest BCUT2D eigenvalue weighted by molar-refractivity contribution is 0.103. The van der Waals surface area contributed by atoms with Crippen LogP contribution in [0.25, 0.3) is 0 Å². The molecule has 0 fully saturated rings. The lowest BCUT2D eigenvalue weighted by atomic mass is 10.0. The van der Waals surface area contributed by atoms with Crippen LogP contribution in [0.15, 0.2) is 48.5 Å². The fourth-order valence-electron chi connectivity index (χ4n) is 2.83. The number of thiol groups is 1. The number of anilines is 1. The highest BCUT2D eigenvalue weighted by Gasteiger charge is 2.09. The van der Waals surface area contributed by atoms with Crippen LogP contribution in [0.5, 0.6) is 5.75 Å². The molecular formula is C22H29NO2S. The van der Waals surface area contributed by atoms with Crippen LogP contribution in [0.4, 0.5) is 5.69 Å². The number of hydrogen-bond acceptors (Lipinski definition) is 4. The van der Waals surface area contributed by atoms with E-state index in [-0.39, 0.29) is 5.78 Å². The van der Waals surface area contributed by atoms with Gasteiger partial charge in [-0.1, -0.05) is 25.7 Å². The summed E-state index contributed by atoms with van der Waals surface area (Å²) in [4.78, 5) is 12.5. The monoisotopic (exact) mass is 371 g/mol. The van der Waals surface area contributed by atoms with Crippen LogP contribution < -0.4 is 10.1 Å². The molecule has 3 nitrogen and oxygen atoms in total. The van der Waals surface area contributed by atoms with Gasteiger partial charge in [-0.05, 0) is 67.1 Å². The fourth-order valence-corrected chi connectivity index (χ4v) is 3.05. The van der Waals surface area contributed by atoms with Gasteiger partial charge in [0.2, 0.25) is 0 Å². The largest absolute Gasteiger partial charge is 0.497 e. The first-order chi connectivity index (χ1) is 12.7. The van der Waals surface area contributed by atoms with E-state index in [1.807, 2.05) is 36.4 Å². The van der Waals surface area contributed by atoms with E-state index in [9.17, 15) is 4.79 Å². The van der Waals surface area contributed by atoms with Crippen molar-refractivity contribution in [1.82, 2.24) is 0 Å². The van der Waals surface area contributed by atoms with Crippen LogP contribution >= 0.6 is 12.6 Å². The van der Waals surface area contributed by atoms with Crippen LogP contribution in [-0.4, -0.2) is 25.2 Å². The molecular weight excluding hydrogens is 342 g/mol. The average Bonchev–Trinajstić information content (AvgIpc) is 2.70. The first kappa shape index (κ1) is 20.4. The van der Waals surface area contributed by atoms with E-state index in [0.717, 1.165) is 23.7 Å². The average molecular weight is 372 g/mol. The van der Waals surface area contributed by atoms with E-state index in [0.29, 0.717) is 11.1 Å². The number of unbranched alkanes of at least 4 members (excludes halogenated alkanes) is 5. The minimum absolute atomic E-state index is 0.0282. The molecule has 2 rings (SSSR count). The predicted molar refractivity (Wildman–Crippen MR) is 113 cm³/mol. The molecule has 0 radical (unpaired) electrons. The Hall–Kier alpha value is -1.94. The lowest BCUT2D eigenvalue weighted by Gasteiger charge is -2.08. The van der Waals surface area contributed by atoms with Gasteiger partial charge in [0.1, 0.15) is 5.75 Å². The topological polar surface area (TPSA) is 38.3 Å². The van der Waals surface area contributed by atoms with E-state index in [2.05, 4.69) is 17.9 Å². The third-order valence-corrected chi connectivity index (χ3v) is 4.73. The van der Waals surface area contributed by atoms with Crippen LogP contribution in [0.1, 0.15) is 54.4 Å². The van der Waals surface area contributed by atoms with Crippen molar-refractivity contribution in [3.8, 4) is 5.75 Å². The second-order valence-corrected chi connectivity index (χ2v) is 6.85.